The van der Waals surface area contributed by atoms with Gasteiger partial charge >= 0.3 is 0 Å². The number of hydrogen-bond donors (Lipinski definition) is 0. The molecule has 154 valence electrons. The van der Waals surface area contributed by atoms with E-state index in [4.69, 9.17) is 14.1 Å². The van der Waals surface area contributed by atoms with Gasteiger partial charge in [0.05, 0.1) is 30.2 Å². The van der Waals surface area contributed by atoms with Crippen LogP contribution >= 0.6 is 0 Å². The summed E-state index contributed by atoms with van der Waals surface area (Å²) in [4.78, 5) is 11.7. The Kier molecular flexibility index (Phi) is 5.01. The third-order valence-corrected chi connectivity index (χ3v) is 5.99. The number of nitrogens with zero attached hydrogens (tertiary/aromatic N) is 4. The van der Waals surface area contributed by atoms with Crippen LogP contribution in [0.5, 0.6) is 5.75 Å². The molecule has 0 radical (unpaired) electrons. The van der Waals surface area contributed by atoms with Crippen LogP contribution in [-0.2, 0) is 13.1 Å². The van der Waals surface area contributed by atoms with Crippen molar-refractivity contribution in [2.75, 3.05) is 13.7 Å². The maximum Gasteiger partial charge on any atom is 0.226 e. The normalized spacial score (nSPS) is 17.1. The summed E-state index contributed by atoms with van der Waals surface area (Å²) in [5.41, 5.74) is 5.23. The average molecular weight is 402 g/mol. The number of oxazole rings is 1. The van der Waals surface area contributed by atoms with E-state index in [1.54, 1.807) is 13.4 Å². The first-order chi connectivity index (χ1) is 14.7. The molecule has 0 N–H and O–H groups in total. The first-order valence-corrected chi connectivity index (χ1v) is 10.5. The lowest BCUT2D eigenvalue weighted by Crippen LogP contribution is -2.26. The highest BCUT2D eigenvalue weighted by Crippen LogP contribution is 2.24. The molecule has 0 unspecified atom stereocenters. The van der Waals surface area contributed by atoms with E-state index in [0.29, 0.717) is 11.9 Å². The summed E-state index contributed by atoms with van der Waals surface area (Å²) in [5, 5.41) is 0. The van der Waals surface area contributed by atoms with Gasteiger partial charge in [-0.3, -0.25) is 4.90 Å². The van der Waals surface area contributed by atoms with Crippen molar-refractivity contribution in [2.45, 2.75) is 38.9 Å². The summed E-state index contributed by atoms with van der Waals surface area (Å²) in [7, 11) is 1.67. The number of imidazole rings is 1. The molecule has 5 rings (SSSR count). The largest absolute Gasteiger partial charge is 0.497 e. The molecule has 3 heterocycles. The second-order valence-corrected chi connectivity index (χ2v) is 8.03. The number of ether oxygens (including phenoxy) is 1. The zero-order chi connectivity index (χ0) is 20.5. The van der Waals surface area contributed by atoms with Gasteiger partial charge < -0.3 is 13.7 Å². The number of hydrogen-bond acceptors (Lipinski definition) is 5. The predicted octanol–water partition coefficient (Wildman–Crippen LogP) is 4.73. The summed E-state index contributed by atoms with van der Waals surface area (Å²) < 4.78 is 13.2. The SMILES string of the molecule is COc1ccc2c(c1)ncn2Cc1ccc(-c2nc(CN3CCC[C@H]3C)co2)cc1. The van der Waals surface area contributed by atoms with Gasteiger partial charge in [-0.25, -0.2) is 9.97 Å². The highest BCUT2D eigenvalue weighted by Gasteiger charge is 2.21. The molecule has 0 spiro atoms. The van der Waals surface area contributed by atoms with Gasteiger partial charge in [-0.2, -0.15) is 0 Å². The van der Waals surface area contributed by atoms with E-state index in [-0.39, 0.29) is 0 Å². The van der Waals surface area contributed by atoms with Crippen LogP contribution in [0, 0.1) is 0 Å². The Morgan fingerprint density at radius 3 is 2.77 bits per heavy atom. The Morgan fingerprint density at radius 2 is 2.00 bits per heavy atom. The predicted molar refractivity (Wildman–Crippen MR) is 116 cm³/mol. The maximum atomic E-state index is 5.76. The molecule has 0 amide bonds. The molecule has 1 atom stereocenters. The summed E-state index contributed by atoms with van der Waals surface area (Å²) >= 11 is 0. The number of methoxy groups -OCH3 is 1. The molecule has 30 heavy (non-hydrogen) atoms. The smallest absolute Gasteiger partial charge is 0.226 e. The standard InChI is InChI=1S/C24H26N4O2/c1-17-4-3-11-27(17)14-20-15-30-24(26-20)19-7-5-18(6-8-19)13-28-16-25-22-12-21(29-2)9-10-23(22)28/h5-10,12,15-17H,3-4,11,13-14H2,1-2H3/t17-/m1/s1. The minimum atomic E-state index is 0.629. The average Bonchev–Trinajstić information content (AvgIpc) is 3.50. The number of rotatable bonds is 6. The van der Waals surface area contributed by atoms with Gasteiger partial charge in [-0.15, -0.1) is 0 Å². The highest BCUT2D eigenvalue weighted by molar-refractivity contribution is 5.77. The first kappa shape index (κ1) is 18.9. The van der Waals surface area contributed by atoms with Gasteiger partial charge in [0.1, 0.15) is 12.0 Å². The first-order valence-electron chi connectivity index (χ1n) is 10.5. The lowest BCUT2D eigenvalue weighted by atomic mass is 10.1. The van der Waals surface area contributed by atoms with Gasteiger partial charge in [-0.1, -0.05) is 12.1 Å². The van der Waals surface area contributed by atoms with Crippen LogP contribution in [0.2, 0.25) is 0 Å². The lowest BCUT2D eigenvalue weighted by molar-refractivity contribution is 0.257. The molecule has 2 aromatic carbocycles. The fourth-order valence-electron chi connectivity index (χ4n) is 4.19. The minimum Gasteiger partial charge on any atom is -0.497 e. The van der Waals surface area contributed by atoms with E-state index in [2.05, 4.69) is 45.6 Å². The molecule has 4 aromatic rings. The Bertz CT molecular complexity index is 1150. The van der Waals surface area contributed by atoms with Crippen LogP contribution in [0.3, 0.4) is 0 Å². The second-order valence-electron chi connectivity index (χ2n) is 8.03. The quantitative estimate of drug-likeness (QED) is 0.467. The third kappa shape index (κ3) is 3.71. The maximum absolute atomic E-state index is 5.76. The fraction of sp³-hybridized carbons (Fsp3) is 0.333. The van der Waals surface area contributed by atoms with Crippen molar-refractivity contribution in [2.24, 2.45) is 0 Å². The summed E-state index contributed by atoms with van der Waals surface area (Å²) in [6.07, 6.45) is 6.21. The van der Waals surface area contributed by atoms with Crippen LogP contribution in [0.1, 0.15) is 31.0 Å². The zero-order valence-corrected chi connectivity index (χ0v) is 17.4. The molecule has 0 bridgehead atoms. The molecular weight excluding hydrogens is 376 g/mol. The lowest BCUT2D eigenvalue weighted by Gasteiger charge is -2.18. The minimum absolute atomic E-state index is 0.629. The van der Waals surface area contributed by atoms with Crippen molar-refractivity contribution < 1.29 is 9.15 Å². The van der Waals surface area contributed by atoms with Gasteiger partial charge in [0.25, 0.3) is 0 Å². The van der Waals surface area contributed by atoms with Gasteiger partial charge in [0, 0.05) is 30.8 Å². The Balaban J connectivity index is 1.29. The molecule has 0 saturated carbocycles. The van der Waals surface area contributed by atoms with Crippen LogP contribution in [-0.4, -0.2) is 39.1 Å². The number of likely N-dealkylation sites (tertiary alicyclic amines) is 1. The van der Waals surface area contributed by atoms with Crippen molar-refractivity contribution in [3.63, 3.8) is 0 Å². The number of fused-ring (bicyclic) bond motifs is 1. The Hall–Kier alpha value is -3.12. The molecule has 1 saturated heterocycles. The van der Waals surface area contributed by atoms with E-state index < -0.39 is 0 Å². The van der Waals surface area contributed by atoms with Crippen LogP contribution in [0.15, 0.2) is 59.5 Å². The fourth-order valence-corrected chi connectivity index (χ4v) is 4.19. The van der Waals surface area contributed by atoms with Crippen molar-refractivity contribution in [1.29, 1.82) is 0 Å². The molecule has 1 aliphatic heterocycles. The summed E-state index contributed by atoms with van der Waals surface area (Å²) in [6, 6.07) is 15.0. The molecule has 1 fully saturated rings. The van der Waals surface area contributed by atoms with Crippen molar-refractivity contribution in [3.05, 3.63) is 66.3 Å². The van der Waals surface area contributed by atoms with Gasteiger partial charge in [0.15, 0.2) is 0 Å². The number of aromatic nitrogens is 3. The van der Waals surface area contributed by atoms with Crippen LogP contribution < -0.4 is 4.74 Å². The van der Waals surface area contributed by atoms with E-state index in [1.165, 1.54) is 18.4 Å². The monoisotopic (exact) mass is 402 g/mol. The summed E-state index contributed by atoms with van der Waals surface area (Å²) in [5.74, 6) is 1.50. The molecule has 0 aliphatic carbocycles. The Morgan fingerprint density at radius 1 is 1.13 bits per heavy atom. The van der Waals surface area contributed by atoms with Crippen molar-refractivity contribution >= 4 is 11.0 Å². The van der Waals surface area contributed by atoms with E-state index in [9.17, 15) is 0 Å². The van der Waals surface area contributed by atoms with E-state index >= 15 is 0 Å². The molecule has 2 aromatic heterocycles. The van der Waals surface area contributed by atoms with Crippen molar-refractivity contribution in [3.8, 4) is 17.2 Å². The van der Waals surface area contributed by atoms with Gasteiger partial charge in [0.2, 0.25) is 5.89 Å². The Labute approximate surface area is 176 Å². The molecule has 6 nitrogen and oxygen atoms in total. The summed E-state index contributed by atoms with van der Waals surface area (Å²) in [6.45, 7) is 5.05. The molecular formula is C24H26N4O2. The van der Waals surface area contributed by atoms with E-state index in [0.717, 1.165) is 47.7 Å². The topological polar surface area (TPSA) is 56.3 Å². The van der Waals surface area contributed by atoms with Crippen LogP contribution in [0.25, 0.3) is 22.5 Å². The molecule has 1 aliphatic rings. The van der Waals surface area contributed by atoms with Crippen LogP contribution in [0.4, 0.5) is 0 Å². The van der Waals surface area contributed by atoms with Crippen molar-refractivity contribution in [1.82, 2.24) is 19.4 Å². The third-order valence-electron chi connectivity index (χ3n) is 5.99. The highest BCUT2D eigenvalue weighted by atomic mass is 16.5. The zero-order valence-electron chi connectivity index (χ0n) is 17.4. The van der Waals surface area contributed by atoms with Gasteiger partial charge in [-0.05, 0) is 56.1 Å². The second kappa shape index (κ2) is 7.95. The molecule has 6 heteroatoms. The van der Waals surface area contributed by atoms with E-state index in [1.807, 2.05) is 24.5 Å². The number of benzene rings is 2.